The molecule has 192 valence electrons. The van der Waals surface area contributed by atoms with Crippen molar-refractivity contribution in [3.63, 3.8) is 0 Å². The Kier molecular flexibility index (Phi) is 8.18. The number of benzene rings is 1. The number of likely N-dealkylation sites (tertiary alicyclic amines) is 1. The van der Waals surface area contributed by atoms with Crippen molar-refractivity contribution in [3.8, 4) is 0 Å². The van der Waals surface area contributed by atoms with E-state index in [1.54, 1.807) is 16.7 Å². The molecule has 4 rings (SSSR count). The number of carbonyl (C=O) groups excluding carboxylic acids is 3. The normalized spacial score (nSPS) is 31.1. The van der Waals surface area contributed by atoms with Gasteiger partial charge in [-0.1, -0.05) is 35.0 Å². The van der Waals surface area contributed by atoms with Crippen LogP contribution in [0.3, 0.4) is 0 Å². The van der Waals surface area contributed by atoms with Crippen LogP contribution in [0.5, 0.6) is 0 Å². The van der Waals surface area contributed by atoms with Gasteiger partial charge in [0.25, 0.3) is 0 Å². The second kappa shape index (κ2) is 10.8. The van der Waals surface area contributed by atoms with Crippen molar-refractivity contribution in [1.29, 1.82) is 0 Å². The largest absolute Gasteiger partial charge is 0.396 e. The first-order chi connectivity index (χ1) is 16.7. The molecule has 3 heterocycles. The molecule has 1 aromatic carbocycles. The molecule has 35 heavy (non-hydrogen) atoms. The van der Waals surface area contributed by atoms with Crippen molar-refractivity contribution >= 4 is 51.1 Å². The molecule has 0 aliphatic carbocycles. The number of hydrogen-bond donors (Lipinski definition) is 3. The molecule has 1 spiro atoms. The van der Waals surface area contributed by atoms with Gasteiger partial charge in [-0.05, 0) is 63.1 Å². The Morgan fingerprint density at radius 1 is 1.23 bits per heavy atom. The number of carbonyl (C=O) groups is 3. The minimum atomic E-state index is -0.645. The first kappa shape index (κ1) is 26.5. The molecule has 0 aromatic heterocycles. The van der Waals surface area contributed by atoms with Crippen LogP contribution in [0.2, 0.25) is 0 Å². The van der Waals surface area contributed by atoms with E-state index in [9.17, 15) is 19.5 Å². The summed E-state index contributed by atoms with van der Waals surface area (Å²) in [6.07, 6.45) is 3.66. The van der Waals surface area contributed by atoms with E-state index in [-0.39, 0.29) is 34.4 Å². The number of alkyl halides is 1. The zero-order chi connectivity index (χ0) is 25.3. The molecule has 3 unspecified atom stereocenters. The number of thioether (sulfide) groups is 1. The smallest absolute Gasteiger partial charge is 0.248 e. The fraction of sp³-hybridized carbons (Fsp3) is 0.654. The molecule has 3 aliphatic heterocycles. The van der Waals surface area contributed by atoms with Crippen LogP contribution < -0.4 is 10.6 Å². The van der Waals surface area contributed by atoms with Gasteiger partial charge in [0.15, 0.2) is 0 Å². The second-order valence-electron chi connectivity index (χ2n) is 10.1. The van der Waals surface area contributed by atoms with E-state index in [1.807, 2.05) is 39.0 Å². The third-order valence-corrected chi connectivity index (χ3v) is 10.8. The Morgan fingerprint density at radius 3 is 2.71 bits per heavy atom. The number of hydrogen-bond acceptors (Lipinski definition) is 5. The number of anilines is 1. The molecule has 0 saturated carbocycles. The van der Waals surface area contributed by atoms with Crippen LogP contribution in [-0.4, -0.2) is 68.3 Å². The number of halogens is 1. The van der Waals surface area contributed by atoms with Gasteiger partial charge in [-0.2, -0.15) is 0 Å². The molecule has 3 fully saturated rings. The van der Waals surface area contributed by atoms with Gasteiger partial charge in [-0.3, -0.25) is 14.4 Å². The van der Waals surface area contributed by atoms with E-state index in [0.717, 1.165) is 29.7 Å². The van der Waals surface area contributed by atoms with E-state index in [4.69, 9.17) is 0 Å². The van der Waals surface area contributed by atoms with E-state index in [2.05, 4.69) is 26.6 Å². The van der Waals surface area contributed by atoms with E-state index in [0.29, 0.717) is 32.4 Å². The fourth-order valence-corrected chi connectivity index (χ4v) is 9.59. The summed E-state index contributed by atoms with van der Waals surface area (Å²) in [5, 5.41) is 15.3. The van der Waals surface area contributed by atoms with E-state index >= 15 is 0 Å². The Hall–Kier alpha value is -1.58. The summed E-state index contributed by atoms with van der Waals surface area (Å²) in [5.41, 5.74) is 2.78. The molecule has 9 heteroatoms. The number of nitrogens with zero attached hydrogens (tertiary/aromatic N) is 1. The predicted molar refractivity (Wildman–Crippen MR) is 143 cm³/mol. The quantitative estimate of drug-likeness (QED) is 0.298. The summed E-state index contributed by atoms with van der Waals surface area (Å²) in [6.45, 7) is 7.09. The van der Waals surface area contributed by atoms with Crippen molar-refractivity contribution < 1.29 is 19.5 Å². The molecule has 3 amide bonds. The fourth-order valence-electron chi connectivity index (χ4n) is 5.98. The SMILES string of the molecule is CCCNC(=O)[C@H]1[C@@H]2SC3(CC2Br)C(C(=O)Nc2cc(C)ccc2C)N(CCCCCO)C(=O)[C@H]13. The van der Waals surface area contributed by atoms with Gasteiger partial charge in [0.05, 0.1) is 16.6 Å². The van der Waals surface area contributed by atoms with Crippen molar-refractivity contribution in [2.45, 2.75) is 73.7 Å². The van der Waals surface area contributed by atoms with Gasteiger partial charge in [-0.15, -0.1) is 11.8 Å². The van der Waals surface area contributed by atoms with Crippen molar-refractivity contribution in [3.05, 3.63) is 29.3 Å². The van der Waals surface area contributed by atoms with Gasteiger partial charge in [0.2, 0.25) is 17.7 Å². The number of nitrogens with one attached hydrogen (secondary N) is 2. The zero-order valence-electron chi connectivity index (χ0n) is 20.7. The summed E-state index contributed by atoms with van der Waals surface area (Å²) in [5.74, 6) is -1.30. The lowest BCUT2D eigenvalue weighted by molar-refractivity contribution is -0.139. The Balaban J connectivity index is 1.68. The number of aliphatic hydroxyl groups excluding tert-OH is 1. The number of fused-ring (bicyclic) bond motifs is 1. The highest BCUT2D eigenvalue weighted by atomic mass is 79.9. The molecule has 6 atom stereocenters. The van der Waals surface area contributed by atoms with Gasteiger partial charge >= 0.3 is 0 Å². The summed E-state index contributed by atoms with van der Waals surface area (Å²) < 4.78 is -0.636. The van der Waals surface area contributed by atoms with Crippen LogP contribution in [0.15, 0.2) is 18.2 Å². The Morgan fingerprint density at radius 2 is 2.00 bits per heavy atom. The van der Waals surface area contributed by atoms with Crippen molar-refractivity contribution in [1.82, 2.24) is 10.2 Å². The molecule has 1 aromatic rings. The molecule has 3 saturated heterocycles. The number of unbranched alkanes of at least 4 members (excludes halogenated alkanes) is 2. The summed E-state index contributed by atoms with van der Waals surface area (Å²) in [4.78, 5) is 42.9. The second-order valence-corrected chi connectivity index (χ2v) is 12.8. The van der Waals surface area contributed by atoms with Crippen LogP contribution in [-0.2, 0) is 14.4 Å². The first-order valence-corrected chi connectivity index (χ1v) is 14.4. The van der Waals surface area contributed by atoms with E-state index in [1.165, 1.54) is 0 Å². The standard InChI is InChI=1S/C26H36BrN3O4S/c1-4-10-28-23(32)19-20-25(34)30(11-6-5-7-12-31)22(26(20)14-17(27)21(19)35-26)24(33)29-18-13-15(2)8-9-16(18)3/h8-9,13,17,19-22,31H,4-7,10-12,14H2,1-3H3,(H,28,32)(H,29,33)/t17?,19-,20+,21-,22?,26?/m1/s1. The van der Waals surface area contributed by atoms with Crippen molar-refractivity contribution in [2.24, 2.45) is 11.8 Å². The lowest BCUT2D eigenvalue weighted by Crippen LogP contribution is -2.53. The first-order valence-electron chi connectivity index (χ1n) is 12.6. The monoisotopic (exact) mass is 565 g/mol. The predicted octanol–water partition coefficient (Wildman–Crippen LogP) is 3.40. The summed E-state index contributed by atoms with van der Waals surface area (Å²) >= 11 is 5.45. The maximum absolute atomic E-state index is 13.9. The zero-order valence-corrected chi connectivity index (χ0v) is 23.1. The lowest BCUT2D eigenvalue weighted by atomic mass is 9.70. The summed E-state index contributed by atoms with van der Waals surface area (Å²) in [6, 6.07) is 5.30. The Labute approximate surface area is 220 Å². The average molecular weight is 567 g/mol. The highest BCUT2D eigenvalue weighted by Crippen LogP contribution is 2.67. The minimum Gasteiger partial charge on any atom is -0.396 e. The lowest BCUT2D eigenvalue weighted by Gasteiger charge is -2.35. The molecule has 7 nitrogen and oxygen atoms in total. The number of rotatable bonds is 10. The summed E-state index contributed by atoms with van der Waals surface area (Å²) in [7, 11) is 0. The van der Waals surface area contributed by atoms with Crippen molar-refractivity contribution in [2.75, 3.05) is 25.0 Å². The Bertz CT molecular complexity index is 991. The average Bonchev–Trinajstić information content (AvgIpc) is 3.41. The minimum absolute atomic E-state index is 0.0339. The molecule has 3 aliphatic rings. The highest BCUT2D eigenvalue weighted by Gasteiger charge is 2.75. The highest BCUT2D eigenvalue weighted by molar-refractivity contribution is 9.09. The third kappa shape index (κ3) is 4.76. The number of aliphatic hydroxyl groups is 1. The van der Waals surface area contributed by atoms with Crippen LogP contribution in [0.4, 0.5) is 5.69 Å². The van der Waals surface area contributed by atoms with Crippen LogP contribution in [0.25, 0.3) is 0 Å². The van der Waals surface area contributed by atoms with Gasteiger partial charge < -0.3 is 20.6 Å². The number of amides is 3. The molecule has 0 radical (unpaired) electrons. The van der Waals surface area contributed by atoms with Crippen LogP contribution in [0.1, 0.15) is 50.2 Å². The molecule has 3 N–H and O–H groups in total. The van der Waals surface area contributed by atoms with Gasteiger partial charge in [0, 0.05) is 35.5 Å². The maximum atomic E-state index is 13.9. The van der Waals surface area contributed by atoms with Gasteiger partial charge in [-0.25, -0.2) is 0 Å². The third-order valence-electron chi connectivity index (χ3n) is 7.60. The van der Waals surface area contributed by atoms with Crippen LogP contribution in [0, 0.1) is 25.7 Å². The molecule has 2 bridgehead atoms. The van der Waals surface area contributed by atoms with E-state index < -0.39 is 22.6 Å². The van der Waals surface area contributed by atoms with Crippen LogP contribution >= 0.6 is 27.7 Å². The molecular weight excluding hydrogens is 530 g/mol. The molecular formula is C26H36BrN3O4S. The topological polar surface area (TPSA) is 98.7 Å². The van der Waals surface area contributed by atoms with Gasteiger partial charge in [0.1, 0.15) is 6.04 Å². The maximum Gasteiger partial charge on any atom is 0.248 e. The number of aryl methyl sites for hydroxylation is 2.